The lowest BCUT2D eigenvalue weighted by Crippen LogP contribution is -2.50. The average molecular weight is 550 g/mol. The van der Waals surface area contributed by atoms with Crippen LogP contribution in [0.25, 0.3) is 11.1 Å². The highest BCUT2D eigenvalue weighted by Crippen LogP contribution is 2.48. The van der Waals surface area contributed by atoms with Gasteiger partial charge in [0.2, 0.25) is 11.8 Å². The molecular formula is C25H26F3N5O4S. The van der Waals surface area contributed by atoms with Crippen molar-refractivity contribution in [1.82, 2.24) is 20.0 Å². The molecule has 1 aromatic carbocycles. The summed E-state index contributed by atoms with van der Waals surface area (Å²) < 4.78 is 71.1. The Bertz CT molecular complexity index is 1470. The monoisotopic (exact) mass is 549 g/mol. The number of rotatable bonds is 6. The number of benzene rings is 1. The van der Waals surface area contributed by atoms with Gasteiger partial charge in [-0.05, 0) is 49.8 Å². The molecule has 1 aliphatic heterocycles. The molecule has 1 saturated heterocycles. The molecular weight excluding hydrogens is 523 g/mol. The smallest absolute Gasteiger partial charge is 0.336 e. The van der Waals surface area contributed by atoms with Crippen LogP contribution in [0.4, 0.5) is 13.2 Å². The van der Waals surface area contributed by atoms with Gasteiger partial charge in [0.05, 0.1) is 28.0 Å². The van der Waals surface area contributed by atoms with E-state index in [1.807, 2.05) is 6.07 Å². The Hall–Kier alpha value is -3.40. The van der Waals surface area contributed by atoms with Crippen molar-refractivity contribution in [2.45, 2.75) is 66.9 Å². The standard InChI is InChI=1S/C25H26F3N5O4S/c1-23(5-6-23)22(35)33-13-17(10-19(33)21(34)31-24(14-29)7-8-24)38(36,37)20-4-3-15(9-18(20)25(26,27)28)16-11-30-32(2)12-16/h3-4,9,11-12,17,19H,5-8,10,13H2,1-2H3,(H,31,34)/t17?,19-/m0/s1. The second-order valence-corrected chi connectivity index (χ2v) is 12.9. The van der Waals surface area contributed by atoms with Crippen molar-refractivity contribution in [3.8, 4) is 17.2 Å². The predicted molar refractivity (Wildman–Crippen MR) is 128 cm³/mol. The quantitative estimate of drug-likeness (QED) is 0.591. The van der Waals surface area contributed by atoms with Crippen LogP contribution in [0.15, 0.2) is 35.5 Å². The number of hydrogen-bond acceptors (Lipinski definition) is 6. The van der Waals surface area contributed by atoms with E-state index >= 15 is 0 Å². The summed E-state index contributed by atoms with van der Waals surface area (Å²) in [4.78, 5) is 26.6. The summed E-state index contributed by atoms with van der Waals surface area (Å²) in [6.07, 6.45) is -0.424. The summed E-state index contributed by atoms with van der Waals surface area (Å²) in [5.74, 6) is -1.07. The van der Waals surface area contributed by atoms with Crippen molar-refractivity contribution >= 4 is 21.7 Å². The maximum atomic E-state index is 14.1. The van der Waals surface area contributed by atoms with Crippen LogP contribution in [-0.2, 0) is 32.7 Å². The minimum Gasteiger partial charge on any atom is -0.336 e. The van der Waals surface area contributed by atoms with Gasteiger partial charge in [0.15, 0.2) is 9.84 Å². The number of halogens is 3. The van der Waals surface area contributed by atoms with Crippen molar-refractivity contribution in [3.05, 3.63) is 36.2 Å². The third-order valence-corrected chi connectivity index (χ3v) is 9.93. The Labute approximate surface area is 217 Å². The maximum Gasteiger partial charge on any atom is 0.417 e. The molecule has 3 aliphatic rings. The molecule has 0 spiro atoms. The fourth-order valence-corrected chi connectivity index (χ4v) is 6.77. The minimum atomic E-state index is -4.97. The van der Waals surface area contributed by atoms with Crippen LogP contribution in [0.3, 0.4) is 0 Å². The van der Waals surface area contributed by atoms with Crippen molar-refractivity contribution in [2.24, 2.45) is 12.5 Å². The number of sulfone groups is 1. The largest absolute Gasteiger partial charge is 0.417 e. The number of nitriles is 1. The van der Waals surface area contributed by atoms with Crippen LogP contribution in [0.2, 0.25) is 0 Å². The van der Waals surface area contributed by atoms with Gasteiger partial charge >= 0.3 is 6.18 Å². The molecule has 38 heavy (non-hydrogen) atoms. The van der Waals surface area contributed by atoms with Gasteiger partial charge in [0, 0.05) is 30.8 Å². The molecule has 2 aliphatic carbocycles. The first-order valence-electron chi connectivity index (χ1n) is 12.2. The second-order valence-electron chi connectivity index (χ2n) is 10.7. The van der Waals surface area contributed by atoms with Crippen molar-refractivity contribution < 1.29 is 31.2 Å². The van der Waals surface area contributed by atoms with Gasteiger partial charge in [-0.2, -0.15) is 23.5 Å². The SMILES string of the molecule is Cn1cc(-c2ccc(S(=O)(=O)C3C[C@@H](C(=O)NC4(C#N)CC4)N(C(=O)C4(C)CC4)C3)c(C(F)(F)F)c2)cn1. The van der Waals surface area contributed by atoms with Crippen LogP contribution >= 0.6 is 0 Å². The fraction of sp³-hybridized carbons (Fsp3) is 0.520. The summed E-state index contributed by atoms with van der Waals surface area (Å²) in [5.41, 5.74) is -2.55. The van der Waals surface area contributed by atoms with Crippen LogP contribution in [0.1, 0.15) is 44.6 Å². The molecule has 1 unspecified atom stereocenters. The summed E-state index contributed by atoms with van der Waals surface area (Å²) in [7, 11) is -3.01. The topological polar surface area (TPSA) is 125 Å². The molecule has 2 saturated carbocycles. The number of nitrogens with one attached hydrogen (secondary N) is 1. The van der Waals surface area contributed by atoms with E-state index in [0.29, 0.717) is 31.2 Å². The van der Waals surface area contributed by atoms with Gasteiger partial charge < -0.3 is 10.2 Å². The lowest BCUT2D eigenvalue weighted by atomic mass is 10.1. The zero-order chi connectivity index (χ0) is 27.7. The van der Waals surface area contributed by atoms with Crippen molar-refractivity contribution in [2.75, 3.05) is 6.54 Å². The van der Waals surface area contributed by atoms with Gasteiger partial charge in [0.1, 0.15) is 11.6 Å². The van der Waals surface area contributed by atoms with Crippen LogP contribution in [0, 0.1) is 16.7 Å². The molecule has 1 N–H and O–H groups in total. The van der Waals surface area contributed by atoms with E-state index in [4.69, 9.17) is 0 Å². The Morgan fingerprint density at radius 2 is 1.87 bits per heavy atom. The summed E-state index contributed by atoms with van der Waals surface area (Å²) in [6, 6.07) is 3.82. The Morgan fingerprint density at radius 3 is 2.39 bits per heavy atom. The normalized spacial score (nSPS) is 23.5. The molecule has 202 valence electrons. The summed E-state index contributed by atoms with van der Waals surface area (Å²) in [6.45, 7) is 1.30. The Morgan fingerprint density at radius 1 is 1.18 bits per heavy atom. The third-order valence-electron chi connectivity index (χ3n) is 7.74. The van der Waals surface area contributed by atoms with Crippen LogP contribution in [-0.4, -0.2) is 58.3 Å². The molecule has 2 amide bonds. The molecule has 0 bridgehead atoms. The number of amides is 2. The van der Waals surface area contributed by atoms with Gasteiger partial charge in [-0.3, -0.25) is 14.3 Å². The van der Waals surface area contributed by atoms with E-state index in [1.165, 1.54) is 28.0 Å². The van der Waals surface area contributed by atoms with Gasteiger partial charge in [-0.25, -0.2) is 8.42 Å². The zero-order valence-electron chi connectivity index (χ0n) is 20.7. The molecule has 5 rings (SSSR count). The van der Waals surface area contributed by atoms with Crippen molar-refractivity contribution in [1.29, 1.82) is 5.26 Å². The third kappa shape index (κ3) is 4.55. The molecule has 2 aromatic rings. The highest BCUT2D eigenvalue weighted by molar-refractivity contribution is 7.92. The van der Waals surface area contributed by atoms with Crippen molar-refractivity contribution in [3.63, 3.8) is 0 Å². The van der Waals surface area contributed by atoms with Crippen LogP contribution < -0.4 is 5.32 Å². The first kappa shape index (κ1) is 26.2. The number of carbonyl (C=O) groups is 2. The van der Waals surface area contributed by atoms with Crippen LogP contribution in [0.5, 0.6) is 0 Å². The molecule has 1 aromatic heterocycles. The second kappa shape index (κ2) is 8.56. The number of aryl methyl sites for hydroxylation is 1. The highest BCUT2D eigenvalue weighted by Gasteiger charge is 2.55. The van der Waals surface area contributed by atoms with E-state index in [0.717, 1.165) is 12.1 Å². The zero-order valence-corrected chi connectivity index (χ0v) is 21.6. The maximum absolute atomic E-state index is 14.1. The van der Waals surface area contributed by atoms with Gasteiger partial charge in [0.25, 0.3) is 0 Å². The number of nitrogens with zero attached hydrogens (tertiary/aromatic N) is 4. The Kier molecular flexibility index (Phi) is 5.90. The lowest BCUT2D eigenvalue weighted by Gasteiger charge is -2.27. The highest BCUT2D eigenvalue weighted by atomic mass is 32.2. The number of hydrogen-bond donors (Lipinski definition) is 1. The minimum absolute atomic E-state index is 0.151. The molecule has 3 fully saturated rings. The number of aromatic nitrogens is 2. The molecule has 13 heteroatoms. The van der Waals surface area contributed by atoms with E-state index < -0.39 is 67.1 Å². The van der Waals surface area contributed by atoms with E-state index in [-0.39, 0.29) is 12.0 Å². The summed E-state index contributed by atoms with van der Waals surface area (Å²) >= 11 is 0. The van der Waals surface area contributed by atoms with Gasteiger partial charge in [-0.1, -0.05) is 13.0 Å². The molecule has 2 atom stereocenters. The number of alkyl halides is 3. The number of carbonyl (C=O) groups excluding carboxylic acids is 2. The number of likely N-dealkylation sites (tertiary alicyclic amines) is 1. The van der Waals surface area contributed by atoms with Gasteiger partial charge in [-0.15, -0.1) is 0 Å². The molecule has 0 radical (unpaired) electrons. The lowest BCUT2D eigenvalue weighted by molar-refractivity contribution is -0.142. The summed E-state index contributed by atoms with van der Waals surface area (Å²) in [5, 5.41) is 14.5. The van der Waals surface area contributed by atoms with E-state index in [1.54, 1.807) is 14.0 Å². The fourth-order valence-electron chi connectivity index (χ4n) is 4.88. The molecule has 9 nitrogen and oxygen atoms in total. The average Bonchev–Trinajstić information content (AvgIpc) is 3.69. The first-order chi connectivity index (χ1) is 17.7. The Balaban J connectivity index is 1.50. The first-order valence-corrected chi connectivity index (χ1v) is 13.7. The van der Waals surface area contributed by atoms with E-state index in [9.17, 15) is 36.4 Å². The predicted octanol–water partition coefficient (Wildman–Crippen LogP) is 2.82. The van der Waals surface area contributed by atoms with E-state index in [2.05, 4.69) is 10.4 Å². The molecule has 2 heterocycles.